The third-order valence-electron chi connectivity index (χ3n) is 3.43. The molecule has 3 nitrogen and oxygen atoms in total. The van der Waals surface area contributed by atoms with Gasteiger partial charge in [-0.25, -0.2) is 0 Å². The highest BCUT2D eigenvalue weighted by atomic mass is 32.1. The number of fused-ring (bicyclic) bond motifs is 1. The summed E-state index contributed by atoms with van der Waals surface area (Å²) in [5.74, 6) is -3.06. The van der Waals surface area contributed by atoms with Crippen LogP contribution in [0.15, 0.2) is 29.6 Å². The maximum atomic E-state index is 12.0. The van der Waals surface area contributed by atoms with Gasteiger partial charge in [-0.15, -0.1) is 11.3 Å². The topological polar surface area (TPSA) is 51.2 Å². The van der Waals surface area contributed by atoms with Gasteiger partial charge in [0.05, 0.1) is 5.92 Å². The predicted molar refractivity (Wildman–Crippen MR) is 68.8 cm³/mol. The quantitative estimate of drug-likeness (QED) is 0.582. The maximum absolute atomic E-state index is 12.0. The minimum Gasteiger partial charge on any atom is -0.298 e. The molecular formula is C14H10O3S. The minimum absolute atomic E-state index is 0.270. The van der Waals surface area contributed by atoms with E-state index in [1.54, 1.807) is 0 Å². The van der Waals surface area contributed by atoms with Crippen molar-refractivity contribution in [1.29, 1.82) is 0 Å². The molecule has 0 spiro atoms. The standard InChI is InChI=1S/C14H10O3S/c1-7-12(15)11(14(17)13(7)16)9-6-18-10-5-3-2-4-8(9)10/h2-7,11H,1H3. The van der Waals surface area contributed by atoms with E-state index >= 15 is 0 Å². The van der Waals surface area contributed by atoms with E-state index < -0.39 is 23.4 Å². The molecule has 0 bridgehead atoms. The second-order valence-corrected chi connectivity index (χ2v) is 5.38. The van der Waals surface area contributed by atoms with Crippen molar-refractivity contribution in [2.75, 3.05) is 0 Å². The number of ketones is 3. The summed E-state index contributed by atoms with van der Waals surface area (Å²) in [5, 5.41) is 2.72. The summed E-state index contributed by atoms with van der Waals surface area (Å²) in [6.45, 7) is 1.51. The van der Waals surface area contributed by atoms with E-state index in [1.807, 2.05) is 29.6 Å². The van der Waals surface area contributed by atoms with Gasteiger partial charge in [0.2, 0.25) is 11.6 Å². The average molecular weight is 258 g/mol. The number of thiophene rings is 1. The Morgan fingerprint density at radius 3 is 2.44 bits per heavy atom. The summed E-state index contributed by atoms with van der Waals surface area (Å²) < 4.78 is 1.03. The largest absolute Gasteiger partial charge is 0.298 e. The molecule has 0 N–H and O–H groups in total. The zero-order valence-electron chi connectivity index (χ0n) is 9.67. The normalized spacial score (nSPS) is 24.2. The SMILES string of the molecule is CC1C(=O)C(=O)C(c2csc3ccccc23)C1=O. The maximum Gasteiger partial charge on any atom is 0.214 e. The van der Waals surface area contributed by atoms with Gasteiger partial charge >= 0.3 is 0 Å². The lowest BCUT2D eigenvalue weighted by atomic mass is 9.94. The van der Waals surface area contributed by atoms with Crippen molar-refractivity contribution >= 4 is 38.8 Å². The Morgan fingerprint density at radius 2 is 1.78 bits per heavy atom. The summed E-state index contributed by atoms with van der Waals surface area (Å²) >= 11 is 1.49. The zero-order chi connectivity index (χ0) is 12.9. The lowest BCUT2D eigenvalue weighted by molar-refractivity contribution is -0.136. The van der Waals surface area contributed by atoms with Crippen molar-refractivity contribution in [3.05, 3.63) is 35.2 Å². The molecule has 1 aliphatic rings. The lowest BCUT2D eigenvalue weighted by Gasteiger charge is -2.04. The highest BCUT2D eigenvalue weighted by Gasteiger charge is 2.47. The van der Waals surface area contributed by atoms with E-state index in [1.165, 1.54) is 18.3 Å². The first kappa shape index (κ1) is 11.3. The van der Waals surface area contributed by atoms with E-state index in [0.717, 1.165) is 10.1 Å². The zero-order valence-corrected chi connectivity index (χ0v) is 10.5. The van der Waals surface area contributed by atoms with Crippen molar-refractivity contribution in [1.82, 2.24) is 0 Å². The number of carbonyl (C=O) groups excluding carboxylic acids is 3. The van der Waals surface area contributed by atoms with Crippen LogP contribution in [0.3, 0.4) is 0 Å². The molecule has 0 aliphatic heterocycles. The Morgan fingerprint density at radius 1 is 1.06 bits per heavy atom. The number of rotatable bonds is 1. The van der Waals surface area contributed by atoms with Crippen LogP contribution in [0.2, 0.25) is 0 Å². The molecular weight excluding hydrogens is 248 g/mol. The van der Waals surface area contributed by atoms with Gasteiger partial charge in [0.1, 0.15) is 5.92 Å². The van der Waals surface area contributed by atoms with Gasteiger partial charge in [0.15, 0.2) is 5.78 Å². The average Bonchev–Trinajstić information content (AvgIpc) is 2.87. The van der Waals surface area contributed by atoms with E-state index in [0.29, 0.717) is 5.56 Å². The van der Waals surface area contributed by atoms with E-state index in [2.05, 4.69) is 0 Å². The molecule has 18 heavy (non-hydrogen) atoms. The third kappa shape index (κ3) is 1.39. The van der Waals surface area contributed by atoms with Crippen LogP contribution >= 0.6 is 11.3 Å². The van der Waals surface area contributed by atoms with Crippen LogP contribution < -0.4 is 0 Å². The van der Waals surface area contributed by atoms with Gasteiger partial charge in [-0.1, -0.05) is 18.2 Å². The second kappa shape index (κ2) is 3.85. The Labute approximate surface area is 107 Å². The summed E-state index contributed by atoms with van der Waals surface area (Å²) in [7, 11) is 0. The van der Waals surface area contributed by atoms with Crippen LogP contribution in [0.25, 0.3) is 10.1 Å². The van der Waals surface area contributed by atoms with Crippen LogP contribution in [-0.2, 0) is 14.4 Å². The number of carbonyl (C=O) groups is 3. The van der Waals surface area contributed by atoms with Gasteiger partial charge in [-0.05, 0) is 29.3 Å². The summed E-state index contributed by atoms with van der Waals surface area (Å²) in [5.41, 5.74) is 0.684. The van der Waals surface area contributed by atoms with Crippen molar-refractivity contribution < 1.29 is 14.4 Å². The minimum atomic E-state index is -0.886. The third-order valence-corrected chi connectivity index (χ3v) is 4.41. The summed E-state index contributed by atoms with van der Waals surface area (Å²) in [6, 6.07) is 7.61. The molecule has 4 heteroatoms. The molecule has 2 aromatic rings. The van der Waals surface area contributed by atoms with E-state index in [-0.39, 0.29) is 5.78 Å². The summed E-state index contributed by atoms with van der Waals surface area (Å²) in [4.78, 5) is 35.5. The first-order valence-electron chi connectivity index (χ1n) is 5.69. The molecule has 90 valence electrons. The Bertz CT molecular complexity index is 683. The van der Waals surface area contributed by atoms with Crippen LogP contribution in [0.4, 0.5) is 0 Å². The number of benzene rings is 1. The van der Waals surface area contributed by atoms with Gasteiger partial charge in [-0.2, -0.15) is 0 Å². The Hall–Kier alpha value is -1.81. The van der Waals surface area contributed by atoms with Gasteiger partial charge < -0.3 is 0 Å². The highest BCUT2D eigenvalue weighted by Crippen LogP contribution is 2.37. The molecule has 1 aromatic heterocycles. The van der Waals surface area contributed by atoms with E-state index in [4.69, 9.17) is 0 Å². The Balaban J connectivity index is 2.19. The van der Waals surface area contributed by atoms with Gasteiger partial charge in [0, 0.05) is 4.70 Å². The molecule has 1 aromatic carbocycles. The van der Waals surface area contributed by atoms with Crippen LogP contribution in [-0.4, -0.2) is 17.3 Å². The molecule has 0 saturated heterocycles. The lowest BCUT2D eigenvalue weighted by Crippen LogP contribution is -2.14. The molecule has 1 heterocycles. The number of hydrogen-bond donors (Lipinski definition) is 0. The van der Waals surface area contributed by atoms with Crippen molar-refractivity contribution in [3.63, 3.8) is 0 Å². The first-order chi connectivity index (χ1) is 8.61. The molecule has 0 radical (unpaired) electrons. The van der Waals surface area contributed by atoms with Gasteiger partial charge in [0.25, 0.3) is 0 Å². The van der Waals surface area contributed by atoms with Crippen LogP contribution in [0.5, 0.6) is 0 Å². The molecule has 3 rings (SSSR count). The fourth-order valence-corrected chi connectivity index (χ4v) is 3.37. The molecule has 1 aliphatic carbocycles. The highest BCUT2D eigenvalue weighted by molar-refractivity contribution is 7.17. The predicted octanol–water partition coefficient (Wildman–Crippen LogP) is 2.34. The van der Waals surface area contributed by atoms with E-state index in [9.17, 15) is 14.4 Å². The van der Waals surface area contributed by atoms with Crippen LogP contribution in [0, 0.1) is 5.92 Å². The summed E-state index contributed by atoms with van der Waals surface area (Å²) in [6.07, 6.45) is 0. The van der Waals surface area contributed by atoms with Crippen molar-refractivity contribution in [2.45, 2.75) is 12.8 Å². The Kier molecular flexibility index (Phi) is 2.41. The first-order valence-corrected chi connectivity index (χ1v) is 6.57. The van der Waals surface area contributed by atoms with Crippen molar-refractivity contribution in [2.24, 2.45) is 5.92 Å². The molecule has 0 amide bonds. The molecule has 1 fully saturated rings. The number of hydrogen-bond acceptors (Lipinski definition) is 4. The molecule has 2 atom stereocenters. The van der Waals surface area contributed by atoms with Gasteiger partial charge in [-0.3, -0.25) is 14.4 Å². The second-order valence-electron chi connectivity index (χ2n) is 4.47. The molecule has 1 saturated carbocycles. The molecule has 2 unspecified atom stereocenters. The fraction of sp³-hybridized carbons (Fsp3) is 0.214. The number of Topliss-reactive ketones (excluding diaryl/α,β-unsaturated/α-hetero) is 3. The van der Waals surface area contributed by atoms with Crippen LogP contribution in [0.1, 0.15) is 18.4 Å². The van der Waals surface area contributed by atoms with Crippen molar-refractivity contribution in [3.8, 4) is 0 Å². The fourth-order valence-electron chi connectivity index (χ4n) is 2.38. The smallest absolute Gasteiger partial charge is 0.214 e. The monoisotopic (exact) mass is 258 g/mol.